The Bertz CT molecular complexity index is 1060. The third-order valence-electron chi connectivity index (χ3n) is 4.80. The lowest BCUT2D eigenvalue weighted by Crippen LogP contribution is -2.35. The van der Waals surface area contributed by atoms with Gasteiger partial charge in [0.25, 0.3) is 5.56 Å². The molecule has 1 heterocycles. The van der Waals surface area contributed by atoms with Crippen molar-refractivity contribution in [2.45, 2.75) is 25.9 Å². The number of benzene rings is 2. The number of methoxy groups -OCH3 is 1. The molecule has 0 aliphatic rings. The fourth-order valence-electron chi connectivity index (χ4n) is 3.14. The maximum absolute atomic E-state index is 12.8. The molecule has 0 saturated heterocycles. The molecule has 156 valence electrons. The molecule has 30 heavy (non-hydrogen) atoms. The molecule has 2 aromatic carbocycles. The molecule has 2 amide bonds. The number of carbonyl (C=O) groups is 1. The predicted molar refractivity (Wildman–Crippen MR) is 119 cm³/mol. The molecular weight excluding hydrogens is 402 g/mol. The second-order valence-electron chi connectivity index (χ2n) is 6.78. The van der Waals surface area contributed by atoms with Crippen LogP contribution in [0.4, 0.5) is 10.5 Å². The highest BCUT2D eigenvalue weighted by Crippen LogP contribution is 2.20. The third-order valence-corrected chi connectivity index (χ3v) is 5.17. The standard InChI is InChI=1S/C23H24ClN3O3/c1-3-20(16-10-12-18(30-2)13-11-16)25-23(29)26-21-9-6-14-27(22(21)28)15-17-7-4-5-8-19(17)24/h4-14,20H,3,15H2,1-2H3,(H2,25,26,29)/t20-/m0/s1. The molecule has 0 radical (unpaired) electrons. The maximum atomic E-state index is 12.8. The van der Waals surface area contributed by atoms with Gasteiger partial charge in [0.05, 0.1) is 19.7 Å². The lowest BCUT2D eigenvalue weighted by Gasteiger charge is -2.18. The van der Waals surface area contributed by atoms with Gasteiger partial charge in [0.1, 0.15) is 11.4 Å². The lowest BCUT2D eigenvalue weighted by molar-refractivity contribution is 0.248. The summed E-state index contributed by atoms with van der Waals surface area (Å²) in [5, 5.41) is 6.17. The predicted octanol–water partition coefficient (Wildman–Crippen LogP) is 4.83. The van der Waals surface area contributed by atoms with Crippen molar-refractivity contribution >= 4 is 23.3 Å². The summed E-state index contributed by atoms with van der Waals surface area (Å²) in [6.45, 7) is 2.30. The first-order chi connectivity index (χ1) is 14.5. The smallest absolute Gasteiger partial charge is 0.319 e. The van der Waals surface area contributed by atoms with Crippen molar-refractivity contribution in [2.75, 3.05) is 12.4 Å². The first kappa shape index (κ1) is 21.5. The van der Waals surface area contributed by atoms with E-state index in [1.54, 1.807) is 31.5 Å². The Morgan fingerprint density at radius 1 is 1.10 bits per heavy atom. The summed E-state index contributed by atoms with van der Waals surface area (Å²) < 4.78 is 6.68. The molecule has 3 aromatic rings. The molecule has 0 aliphatic carbocycles. The van der Waals surface area contributed by atoms with E-state index in [-0.39, 0.29) is 17.3 Å². The number of ether oxygens (including phenoxy) is 1. The highest BCUT2D eigenvalue weighted by molar-refractivity contribution is 6.31. The van der Waals surface area contributed by atoms with Gasteiger partial charge in [0, 0.05) is 11.2 Å². The number of nitrogens with one attached hydrogen (secondary N) is 2. The number of hydrogen-bond donors (Lipinski definition) is 2. The van der Waals surface area contributed by atoms with E-state index < -0.39 is 6.03 Å². The van der Waals surface area contributed by atoms with Crippen LogP contribution in [0.2, 0.25) is 5.02 Å². The molecule has 7 heteroatoms. The van der Waals surface area contributed by atoms with Gasteiger partial charge < -0.3 is 19.9 Å². The van der Waals surface area contributed by atoms with E-state index >= 15 is 0 Å². The summed E-state index contributed by atoms with van der Waals surface area (Å²) in [6, 6.07) is 17.5. The van der Waals surface area contributed by atoms with Crippen LogP contribution in [-0.2, 0) is 6.54 Å². The Kier molecular flexibility index (Phi) is 7.14. The van der Waals surface area contributed by atoms with Crippen molar-refractivity contribution < 1.29 is 9.53 Å². The normalized spacial score (nSPS) is 11.6. The summed E-state index contributed by atoms with van der Waals surface area (Å²) in [5.41, 5.74) is 1.68. The van der Waals surface area contributed by atoms with Gasteiger partial charge in [-0.1, -0.05) is 48.9 Å². The molecule has 0 spiro atoms. The zero-order valence-corrected chi connectivity index (χ0v) is 17.6. The minimum atomic E-state index is -0.440. The number of carbonyl (C=O) groups excluding carboxylic acids is 1. The topological polar surface area (TPSA) is 72.4 Å². The van der Waals surface area contributed by atoms with E-state index in [4.69, 9.17) is 16.3 Å². The van der Waals surface area contributed by atoms with Gasteiger partial charge in [0.15, 0.2) is 0 Å². The first-order valence-corrected chi connectivity index (χ1v) is 10.0. The van der Waals surface area contributed by atoms with Crippen LogP contribution in [-0.4, -0.2) is 17.7 Å². The molecule has 3 rings (SSSR count). The zero-order chi connectivity index (χ0) is 21.5. The van der Waals surface area contributed by atoms with E-state index in [1.165, 1.54) is 4.57 Å². The summed E-state index contributed by atoms with van der Waals surface area (Å²) in [4.78, 5) is 25.3. The number of hydrogen-bond acceptors (Lipinski definition) is 3. The average Bonchev–Trinajstić information content (AvgIpc) is 2.76. The molecule has 0 fully saturated rings. The van der Waals surface area contributed by atoms with E-state index in [2.05, 4.69) is 10.6 Å². The number of nitrogens with zero attached hydrogens (tertiary/aromatic N) is 1. The number of amides is 2. The fourth-order valence-corrected chi connectivity index (χ4v) is 3.34. The first-order valence-electron chi connectivity index (χ1n) is 9.66. The van der Waals surface area contributed by atoms with Gasteiger partial charge in [-0.15, -0.1) is 0 Å². The van der Waals surface area contributed by atoms with Crippen molar-refractivity contribution in [1.29, 1.82) is 0 Å². The SMILES string of the molecule is CC[C@H](NC(=O)Nc1cccn(Cc2ccccc2Cl)c1=O)c1ccc(OC)cc1. The van der Waals surface area contributed by atoms with Crippen LogP contribution in [0.15, 0.2) is 71.7 Å². The number of pyridine rings is 1. The largest absolute Gasteiger partial charge is 0.497 e. The second-order valence-corrected chi connectivity index (χ2v) is 7.19. The molecule has 2 N–H and O–H groups in total. The Labute approximate surface area is 180 Å². The third kappa shape index (κ3) is 5.21. The molecule has 1 aromatic heterocycles. The highest BCUT2D eigenvalue weighted by atomic mass is 35.5. The van der Waals surface area contributed by atoms with Crippen molar-refractivity contribution in [3.8, 4) is 5.75 Å². The molecule has 6 nitrogen and oxygen atoms in total. The molecule has 0 aliphatic heterocycles. The number of halogens is 1. The van der Waals surface area contributed by atoms with E-state index in [0.29, 0.717) is 18.0 Å². The summed E-state index contributed by atoms with van der Waals surface area (Å²) in [7, 11) is 1.61. The molecule has 0 unspecified atom stereocenters. The van der Waals surface area contributed by atoms with Crippen LogP contribution in [0.3, 0.4) is 0 Å². The molecule has 1 atom stereocenters. The average molecular weight is 426 g/mol. The van der Waals surface area contributed by atoms with Crippen LogP contribution in [0.5, 0.6) is 5.75 Å². The summed E-state index contributed by atoms with van der Waals surface area (Å²) in [6.07, 6.45) is 2.37. The molecule has 0 bridgehead atoms. The van der Waals surface area contributed by atoms with E-state index in [9.17, 15) is 9.59 Å². The number of anilines is 1. The fraction of sp³-hybridized carbons (Fsp3) is 0.217. The highest BCUT2D eigenvalue weighted by Gasteiger charge is 2.14. The molecule has 0 saturated carbocycles. The Morgan fingerprint density at radius 3 is 2.50 bits per heavy atom. The van der Waals surface area contributed by atoms with Crippen LogP contribution < -0.4 is 20.9 Å². The molecular formula is C23H24ClN3O3. The number of rotatable bonds is 7. The number of urea groups is 1. The van der Waals surface area contributed by atoms with Gasteiger partial charge in [-0.2, -0.15) is 0 Å². The van der Waals surface area contributed by atoms with Crippen molar-refractivity contribution in [2.24, 2.45) is 0 Å². The second kappa shape index (κ2) is 9.98. The van der Waals surface area contributed by atoms with E-state index in [1.807, 2.05) is 49.4 Å². The van der Waals surface area contributed by atoms with Gasteiger partial charge in [-0.05, 0) is 47.9 Å². The Morgan fingerprint density at radius 2 is 1.83 bits per heavy atom. The van der Waals surface area contributed by atoms with Crippen molar-refractivity contribution in [3.05, 3.63) is 93.4 Å². The quantitative estimate of drug-likeness (QED) is 0.569. The van der Waals surface area contributed by atoms with Crippen LogP contribution in [0, 0.1) is 0 Å². The van der Waals surface area contributed by atoms with Gasteiger partial charge in [0.2, 0.25) is 0 Å². The zero-order valence-electron chi connectivity index (χ0n) is 16.9. The van der Waals surface area contributed by atoms with Gasteiger partial charge in [-0.25, -0.2) is 4.79 Å². The van der Waals surface area contributed by atoms with Crippen LogP contribution >= 0.6 is 11.6 Å². The lowest BCUT2D eigenvalue weighted by atomic mass is 10.0. The van der Waals surface area contributed by atoms with E-state index in [0.717, 1.165) is 16.9 Å². The van der Waals surface area contributed by atoms with Crippen molar-refractivity contribution in [1.82, 2.24) is 9.88 Å². The Balaban J connectivity index is 1.71. The van der Waals surface area contributed by atoms with Crippen LogP contribution in [0.25, 0.3) is 0 Å². The van der Waals surface area contributed by atoms with Gasteiger partial charge in [-0.3, -0.25) is 4.79 Å². The minimum Gasteiger partial charge on any atom is -0.497 e. The summed E-state index contributed by atoms with van der Waals surface area (Å²) >= 11 is 6.20. The van der Waals surface area contributed by atoms with Gasteiger partial charge >= 0.3 is 6.03 Å². The maximum Gasteiger partial charge on any atom is 0.319 e. The van der Waals surface area contributed by atoms with Crippen molar-refractivity contribution in [3.63, 3.8) is 0 Å². The minimum absolute atomic E-state index is 0.190. The number of aromatic nitrogens is 1. The monoisotopic (exact) mass is 425 g/mol. The summed E-state index contributed by atoms with van der Waals surface area (Å²) in [5.74, 6) is 0.751. The Hall–Kier alpha value is -3.25. The van der Waals surface area contributed by atoms with Crippen LogP contribution in [0.1, 0.15) is 30.5 Å².